The molecule has 1 aliphatic rings. The molecule has 0 saturated carbocycles. The Morgan fingerprint density at radius 1 is 1.14 bits per heavy atom. The minimum Gasteiger partial charge on any atom is -0.369 e. The first kappa shape index (κ1) is 13.5. The standard InChI is InChI=1S/C17H13BrFN3/c18-14-6-1-2-7-15(14)22-17-13(8-9-20-17)16(21-22)11-4-3-5-12(19)10-11/h1-7,10,20H,8-9H2. The number of nitrogens with one attached hydrogen (secondary N) is 1. The first-order valence-electron chi connectivity index (χ1n) is 7.10. The average Bonchev–Trinajstić information content (AvgIpc) is 3.10. The molecule has 0 saturated heterocycles. The summed E-state index contributed by atoms with van der Waals surface area (Å²) in [6.45, 7) is 0.875. The third-order valence-electron chi connectivity index (χ3n) is 3.83. The third kappa shape index (κ3) is 2.13. The Morgan fingerprint density at radius 3 is 2.82 bits per heavy atom. The van der Waals surface area contributed by atoms with Crippen LogP contribution in [0.25, 0.3) is 16.9 Å². The summed E-state index contributed by atoms with van der Waals surface area (Å²) in [7, 11) is 0. The van der Waals surface area contributed by atoms with Gasteiger partial charge in [-0.2, -0.15) is 5.10 Å². The predicted molar refractivity (Wildman–Crippen MR) is 88.9 cm³/mol. The van der Waals surface area contributed by atoms with Gasteiger partial charge in [0, 0.05) is 22.1 Å². The minimum absolute atomic E-state index is 0.243. The number of hydrogen-bond acceptors (Lipinski definition) is 2. The molecule has 5 heteroatoms. The fourth-order valence-corrected chi connectivity index (χ4v) is 3.29. The Kier molecular flexibility index (Phi) is 3.22. The molecule has 0 unspecified atom stereocenters. The van der Waals surface area contributed by atoms with Gasteiger partial charge in [0.25, 0.3) is 0 Å². The Morgan fingerprint density at radius 2 is 2.00 bits per heavy atom. The Bertz CT molecular complexity index is 857. The lowest BCUT2D eigenvalue weighted by Crippen LogP contribution is -2.04. The van der Waals surface area contributed by atoms with Crippen LogP contribution in [-0.2, 0) is 6.42 Å². The summed E-state index contributed by atoms with van der Waals surface area (Å²) >= 11 is 3.57. The number of halogens is 2. The highest BCUT2D eigenvalue weighted by atomic mass is 79.9. The van der Waals surface area contributed by atoms with Crippen molar-refractivity contribution in [3.8, 4) is 16.9 Å². The molecule has 1 aromatic heterocycles. The van der Waals surface area contributed by atoms with E-state index in [9.17, 15) is 4.39 Å². The van der Waals surface area contributed by atoms with E-state index in [2.05, 4.69) is 21.2 Å². The number of benzene rings is 2. The van der Waals surface area contributed by atoms with Crippen molar-refractivity contribution in [2.75, 3.05) is 11.9 Å². The van der Waals surface area contributed by atoms with Gasteiger partial charge in [0.2, 0.25) is 0 Å². The molecular formula is C17H13BrFN3. The van der Waals surface area contributed by atoms with E-state index in [1.54, 1.807) is 6.07 Å². The van der Waals surface area contributed by atoms with Gasteiger partial charge < -0.3 is 5.32 Å². The molecule has 0 atom stereocenters. The van der Waals surface area contributed by atoms with Crippen molar-refractivity contribution in [1.29, 1.82) is 0 Å². The van der Waals surface area contributed by atoms with E-state index in [0.717, 1.165) is 45.8 Å². The van der Waals surface area contributed by atoms with Gasteiger partial charge in [0.15, 0.2) is 0 Å². The van der Waals surface area contributed by atoms with Crippen LogP contribution >= 0.6 is 15.9 Å². The van der Waals surface area contributed by atoms with Crippen LogP contribution in [0.4, 0.5) is 10.2 Å². The maximum absolute atomic E-state index is 13.5. The molecular weight excluding hydrogens is 345 g/mol. The Labute approximate surface area is 135 Å². The largest absolute Gasteiger partial charge is 0.369 e. The third-order valence-corrected chi connectivity index (χ3v) is 4.50. The summed E-state index contributed by atoms with van der Waals surface area (Å²) < 4.78 is 16.4. The molecule has 0 fully saturated rings. The van der Waals surface area contributed by atoms with Gasteiger partial charge in [-0.05, 0) is 46.6 Å². The molecule has 1 aliphatic heterocycles. The SMILES string of the molecule is Fc1cccc(-c2nn(-c3ccccc3Br)c3c2CCN3)c1. The van der Waals surface area contributed by atoms with Gasteiger partial charge in [0.05, 0.1) is 11.4 Å². The number of rotatable bonds is 2. The normalized spacial score (nSPS) is 13.0. The molecule has 0 radical (unpaired) electrons. The number of nitrogens with zero attached hydrogens (tertiary/aromatic N) is 2. The summed E-state index contributed by atoms with van der Waals surface area (Å²) in [5.41, 5.74) is 3.76. The van der Waals surface area contributed by atoms with Gasteiger partial charge in [-0.25, -0.2) is 9.07 Å². The van der Waals surface area contributed by atoms with E-state index < -0.39 is 0 Å². The van der Waals surface area contributed by atoms with Crippen molar-refractivity contribution in [3.63, 3.8) is 0 Å². The van der Waals surface area contributed by atoms with Crippen LogP contribution in [-0.4, -0.2) is 16.3 Å². The fraction of sp³-hybridized carbons (Fsp3) is 0.118. The van der Waals surface area contributed by atoms with Gasteiger partial charge in [-0.15, -0.1) is 0 Å². The highest BCUT2D eigenvalue weighted by Crippen LogP contribution is 2.36. The second-order valence-corrected chi connectivity index (χ2v) is 6.08. The van der Waals surface area contributed by atoms with Crippen molar-refractivity contribution in [1.82, 2.24) is 9.78 Å². The average molecular weight is 358 g/mol. The van der Waals surface area contributed by atoms with Crippen molar-refractivity contribution in [3.05, 3.63) is 64.4 Å². The number of para-hydroxylation sites is 1. The van der Waals surface area contributed by atoms with Crippen LogP contribution in [0, 0.1) is 5.82 Å². The van der Waals surface area contributed by atoms with Gasteiger partial charge in [0.1, 0.15) is 11.6 Å². The highest BCUT2D eigenvalue weighted by molar-refractivity contribution is 9.10. The molecule has 3 nitrogen and oxygen atoms in total. The summed E-state index contributed by atoms with van der Waals surface area (Å²) in [4.78, 5) is 0. The van der Waals surface area contributed by atoms with Crippen molar-refractivity contribution >= 4 is 21.7 Å². The lowest BCUT2D eigenvalue weighted by atomic mass is 10.1. The van der Waals surface area contributed by atoms with E-state index in [0.29, 0.717) is 0 Å². The number of anilines is 1. The second-order valence-electron chi connectivity index (χ2n) is 5.23. The zero-order chi connectivity index (χ0) is 15.1. The molecule has 0 aliphatic carbocycles. The molecule has 0 spiro atoms. The quantitative estimate of drug-likeness (QED) is 0.736. The topological polar surface area (TPSA) is 29.9 Å². The van der Waals surface area contributed by atoms with Crippen LogP contribution in [0.5, 0.6) is 0 Å². The molecule has 0 amide bonds. The van der Waals surface area contributed by atoms with Gasteiger partial charge in [-0.3, -0.25) is 0 Å². The van der Waals surface area contributed by atoms with Crippen LogP contribution in [0.1, 0.15) is 5.56 Å². The zero-order valence-electron chi connectivity index (χ0n) is 11.7. The van der Waals surface area contributed by atoms with Gasteiger partial charge in [-0.1, -0.05) is 24.3 Å². The van der Waals surface area contributed by atoms with Crippen molar-refractivity contribution in [2.45, 2.75) is 6.42 Å². The highest BCUT2D eigenvalue weighted by Gasteiger charge is 2.24. The van der Waals surface area contributed by atoms with Crippen LogP contribution in [0.15, 0.2) is 53.0 Å². The number of hydrogen-bond donors (Lipinski definition) is 1. The van der Waals surface area contributed by atoms with E-state index in [1.165, 1.54) is 12.1 Å². The zero-order valence-corrected chi connectivity index (χ0v) is 13.3. The maximum Gasteiger partial charge on any atom is 0.133 e. The molecule has 2 aromatic carbocycles. The molecule has 0 bridgehead atoms. The smallest absolute Gasteiger partial charge is 0.133 e. The number of aromatic nitrogens is 2. The van der Waals surface area contributed by atoms with E-state index in [1.807, 2.05) is 35.0 Å². The van der Waals surface area contributed by atoms with E-state index in [-0.39, 0.29) is 5.82 Å². The first-order valence-corrected chi connectivity index (χ1v) is 7.90. The number of fused-ring (bicyclic) bond motifs is 1. The monoisotopic (exact) mass is 357 g/mol. The predicted octanol–water partition coefficient (Wildman–Crippen LogP) is 4.41. The van der Waals surface area contributed by atoms with Crippen molar-refractivity contribution in [2.24, 2.45) is 0 Å². The van der Waals surface area contributed by atoms with E-state index >= 15 is 0 Å². The van der Waals surface area contributed by atoms with E-state index in [4.69, 9.17) is 5.10 Å². The molecule has 22 heavy (non-hydrogen) atoms. The molecule has 2 heterocycles. The van der Waals surface area contributed by atoms with Crippen molar-refractivity contribution < 1.29 is 4.39 Å². The summed E-state index contributed by atoms with van der Waals surface area (Å²) in [5, 5.41) is 8.12. The van der Waals surface area contributed by atoms with Crippen LogP contribution < -0.4 is 5.32 Å². The van der Waals surface area contributed by atoms with Crippen LogP contribution in [0.2, 0.25) is 0 Å². The second kappa shape index (κ2) is 5.25. The summed E-state index contributed by atoms with van der Waals surface area (Å²) in [6.07, 6.45) is 0.894. The lowest BCUT2D eigenvalue weighted by Gasteiger charge is -2.08. The van der Waals surface area contributed by atoms with Crippen LogP contribution in [0.3, 0.4) is 0 Å². The first-order chi connectivity index (χ1) is 10.7. The Hall–Kier alpha value is -2.14. The minimum atomic E-state index is -0.243. The van der Waals surface area contributed by atoms with Gasteiger partial charge >= 0.3 is 0 Å². The summed E-state index contributed by atoms with van der Waals surface area (Å²) in [5.74, 6) is 0.749. The molecule has 1 N–H and O–H groups in total. The maximum atomic E-state index is 13.5. The summed E-state index contributed by atoms with van der Waals surface area (Å²) in [6, 6.07) is 14.5. The Balaban J connectivity index is 1.93. The fourth-order valence-electron chi connectivity index (χ4n) is 2.84. The molecule has 4 rings (SSSR count). The molecule has 3 aromatic rings. The molecule has 110 valence electrons. The lowest BCUT2D eigenvalue weighted by molar-refractivity contribution is 0.628.